The normalized spacial score (nSPS) is 12.0. The number of halogens is 4. The van der Waals surface area contributed by atoms with Gasteiger partial charge in [-0.1, -0.05) is 0 Å². The molecule has 0 atom stereocenters. The second-order valence-corrected chi connectivity index (χ2v) is 6.75. The van der Waals surface area contributed by atoms with Gasteiger partial charge in [-0.3, -0.25) is 0 Å². The van der Waals surface area contributed by atoms with Gasteiger partial charge in [-0.25, -0.2) is 17.9 Å². The summed E-state index contributed by atoms with van der Waals surface area (Å²) in [4.78, 5) is 11.7. The molecule has 1 aromatic rings. The number of benzene rings is 1. The average Bonchev–Trinajstić information content (AvgIpc) is 2.42. The molecule has 0 unspecified atom stereocenters. The maximum absolute atomic E-state index is 12.0. The SMILES string of the molecule is COc1cc(C(=O)OCCNS(=O)(=O)C(F)(F)F)ccc1I. The summed E-state index contributed by atoms with van der Waals surface area (Å²) >= 11 is 1.99. The van der Waals surface area contributed by atoms with E-state index in [1.165, 1.54) is 24.0 Å². The fourth-order valence-corrected chi connectivity index (χ4v) is 2.34. The third-order valence-electron chi connectivity index (χ3n) is 2.32. The third kappa shape index (κ3) is 4.98. The molecular weight excluding hydrogens is 442 g/mol. The lowest BCUT2D eigenvalue weighted by Crippen LogP contribution is -2.38. The van der Waals surface area contributed by atoms with Gasteiger partial charge in [0.15, 0.2) is 0 Å². The highest BCUT2D eigenvalue weighted by Crippen LogP contribution is 2.22. The number of methoxy groups -OCH3 is 1. The van der Waals surface area contributed by atoms with E-state index in [9.17, 15) is 26.4 Å². The summed E-state index contributed by atoms with van der Waals surface area (Å²) in [6.07, 6.45) is 0. The van der Waals surface area contributed by atoms with E-state index in [2.05, 4.69) is 4.74 Å². The Labute approximate surface area is 138 Å². The Morgan fingerprint density at radius 2 is 2.00 bits per heavy atom. The fourth-order valence-electron chi connectivity index (χ4n) is 1.27. The zero-order chi connectivity index (χ0) is 17.0. The van der Waals surface area contributed by atoms with Crippen LogP contribution < -0.4 is 9.46 Å². The minimum Gasteiger partial charge on any atom is -0.496 e. The molecule has 0 heterocycles. The Balaban J connectivity index is 2.54. The predicted molar refractivity (Wildman–Crippen MR) is 79.0 cm³/mol. The van der Waals surface area contributed by atoms with Crippen molar-refractivity contribution in [3.8, 4) is 5.75 Å². The van der Waals surface area contributed by atoms with E-state index in [1.807, 2.05) is 22.6 Å². The molecule has 22 heavy (non-hydrogen) atoms. The Bertz CT molecular complexity index is 648. The van der Waals surface area contributed by atoms with Crippen molar-refractivity contribution in [3.05, 3.63) is 27.3 Å². The van der Waals surface area contributed by atoms with Gasteiger partial charge in [-0.05, 0) is 40.8 Å². The zero-order valence-electron chi connectivity index (χ0n) is 11.1. The molecule has 0 bridgehead atoms. The minimum absolute atomic E-state index is 0.135. The molecule has 6 nitrogen and oxygen atoms in total. The van der Waals surface area contributed by atoms with Crippen molar-refractivity contribution in [2.75, 3.05) is 20.3 Å². The first-order valence-electron chi connectivity index (χ1n) is 5.65. The second kappa shape index (κ2) is 7.46. The molecule has 0 amide bonds. The van der Waals surface area contributed by atoms with Crippen molar-refractivity contribution in [1.82, 2.24) is 4.72 Å². The molecule has 1 N–H and O–H groups in total. The summed E-state index contributed by atoms with van der Waals surface area (Å²) in [7, 11) is -4.02. The molecule has 0 fully saturated rings. The molecule has 0 aliphatic rings. The van der Waals surface area contributed by atoms with Crippen molar-refractivity contribution >= 4 is 38.6 Å². The summed E-state index contributed by atoms with van der Waals surface area (Å²) in [5.74, 6) is -0.367. The third-order valence-corrected chi connectivity index (χ3v) is 4.40. The standard InChI is InChI=1S/C11H11F3INO5S/c1-20-9-6-7(2-3-8(9)15)10(17)21-5-4-16-22(18,19)11(12,13)14/h2-3,6,16H,4-5H2,1H3. The predicted octanol–water partition coefficient (Wildman–Crippen LogP) is 1.90. The van der Waals surface area contributed by atoms with Gasteiger partial charge < -0.3 is 9.47 Å². The van der Waals surface area contributed by atoms with Crippen LogP contribution >= 0.6 is 22.6 Å². The monoisotopic (exact) mass is 453 g/mol. The van der Waals surface area contributed by atoms with E-state index in [1.54, 1.807) is 6.07 Å². The summed E-state index contributed by atoms with van der Waals surface area (Å²) in [5.41, 5.74) is -5.27. The molecule has 0 saturated carbocycles. The lowest BCUT2D eigenvalue weighted by molar-refractivity contribution is -0.0448. The summed E-state index contributed by atoms with van der Waals surface area (Å²) in [5, 5.41) is 0. The van der Waals surface area contributed by atoms with Crippen molar-refractivity contribution < 1.29 is 35.9 Å². The van der Waals surface area contributed by atoms with Crippen LogP contribution in [-0.4, -0.2) is 40.2 Å². The topological polar surface area (TPSA) is 81.7 Å². The number of rotatable bonds is 6. The van der Waals surface area contributed by atoms with Gasteiger partial charge >= 0.3 is 21.5 Å². The maximum atomic E-state index is 12.0. The van der Waals surface area contributed by atoms with Gasteiger partial charge in [0, 0.05) is 6.54 Å². The lowest BCUT2D eigenvalue weighted by atomic mass is 10.2. The molecule has 0 aliphatic carbocycles. The Kier molecular flexibility index (Phi) is 6.43. The van der Waals surface area contributed by atoms with Crippen LogP contribution in [0.3, 0.4) is 0 Å². The van der Waals surface area contributed by atoms with Crippen molar-refractivity contribution in [2.45, 2.75) is 5.51 Å². The first-order valence-corrected chi connectivity index (χ1v) is 8.21. The maximum Gasteiger partial charge on any atom is 0.511 e. The molecule has 0 aliphatic heterocycles. The molecular formula is C11H11F3INO5S. The Morgan fingerprint density at radius 1 is 1.36 bits per heavy atom. The molecule has 0 radical (unpaired) electrons. The number of sulfonamides is 1. The van der Waals surface area contributed by atoms with E-state index in [4.69, 9.17) is 4.74 Å². The van der Waals surface area contributed by atoms with Crippen LogP contribution in [-0.2, 0) is 14.8 Å². The summed E-state index contributed by atoms with van der Waals surface area (Å²) in [6.45, 7) is -1.22. The van der Waals surface area contributed by atoms with Crippen LogP contribution in [0.4, 0.5) is 13.2 Å². The van der Waals surface area contributed by atoms with Gasteiger partial charge in [0.2, 0.25) is 0 Å². The molecule has 0 spiro atoms. The molecule has 0 saturated heterocycles. The molecule has 124 valence electrons. The Morgan fingerprint density at radius 3 is 2.55 bits per heavy atom. The van der Waals surface area contributed by atoms with E-state index >= 15 is 0 Å². The summed E-state index contributed by atoms with van der Waals surface area (Å²) in [6, 6.07) is 4.46. The number of hydrogen-bond donors (Lipinski definition) is 1. The van der Waals surface area contributed by atoms with Crippen LogP contribution in [0.2, 0.25) is 0 Å². The highest BCUT2D eigenvalue weighted by molar-refractivity contribution is 14.1. The van der Waals surface area contributed by atoms with Gasteiger partial charge in [0.05, 0.1) is 16.2 Å². The largest absolute Gasteiger partial charge is 0.511 e. The highest BCUT2D eigenvalue weighted by atomic mass is 127. The number of ether oxygens (including phenoxy) is 2. The highest BCUT2D eigenvalue weighted by Gasteiger charge is 2.45. The van der Waals surface area contributed by atoms with E-state index in [-0.39, 0.29) is 5.56 Å². The zero-order valence-corrected chi connectivity index (χ0v) is 14.1. The van der Waals surface area contributed by atoms with Crippen LogP contribution in [0.5, 0.6) is 5.75 Å². The van der Waals surface area contributed by atoms with E-state index in [0.717, 1.165) is 3.57 Å². The van der Waals surface area contributed by atoms with Gasteiger partial charge in [0.25, 0.3) is 0 Å². The fraction of sp³-hybridized carbons (Fsp3) is 0.364. The minimum atomic E-state index is -5.44. The van der Waals surface area contributed by atoms with Crippen molar-refractivity contribution in [1.29, 1.82) is 0 Å². The van der Waals surface area contributed by atoms with Gasteiger partial charge in [-0.2, -0.15) is 13.2 Å². The van der Waals surface area contributed by atoms with Crippen LogP contribution in [0.1, 0.15) is 10.4 Å². The Hall–Kier alpha value is -1.08. The second-order valence-electron chi connectivity index (χ2n) is 3.83. The number of hydrogen-bond acceptors (Lipinski definition) is 5. The van der Waals surface area contributed by atoms with Gasteiger partial charge in [0.1, 0.15) is 12.4 Å². The number of alkyl halides is 3. The van der Waals surface area contributed by atoms with Crippen LogP contribution in [0.25, 0.3) is 0 Å². The van der Waals surface area contributed by atoms with Gasteiger partial charge in [-0.15, -0.1) is 0 Å². The van der Waals surface area contributed by atoms with Crippen LogP contribution in [0.15, 0.2) is 18.2 Å². The quantitative estimate of drug-likeness (QED) is 0.405. The van der Waals surface area contributed by atoms with E-state index < -0.39 is 34.7 Å². The molecule has 11 heteroatoms. The molecule has 0 aromatic heterocycles. The summed E-state index contributed by atoms with van der Waals surface area (Å²) < 4.78 is 69.2. The first kappa shape index (κ1) is 19.0. The van der Waals surface area contributed by atoms with Crippen molar-refractivity contribution in [3.63, 3.8) is 0 Å². The smallest absolute Gasteiger partial charge is 0.496 e. The molecule has 1 aromatic carbocycles. The number of nitrogens with one attached hydrogen (secondary N) is 1. The van der Waals surface area contributed by atoms with Crippen LogP contribution in [0, 0.1) is 3.57 Å². The number of esters is 1. The first-order chi connectivity index (χ1) is 10.1. The average molecular weight is 453 g/mol. The molecule has 1 rings (SSSR count). The van der Waals surface area contributed by atoms with E-state index in [0.29, 0.717) is 5.75 Å². The van der Waals surface area contributed by atoms with Crippen molar-refractivity contribution in [2.24, 2.45) is 0 Å². The number of carbonyl (C=O) groups is 1. The lowest BCUT2D eigenvalue weighted by Gasteiger charge is -2.10. The number of carbonyl (C=O) groups excluding carboxylic acids is 1.